The summed E-state index contributed by atoms with van der Waals surface area (Å²) in [4.78, 5) is 2.51. The minimum atomic E-state index is -0.169. The molecule has 0 aliphatic heterocycles. The van der Waals surface area contributed by atoms with E-state index in [-0.39, 0.29) is 5.82 Å². The van der Waals surface area contributed by atoms with Gasteiger partial charge in [0.25, 0.3) is 0 Å². The fourth-order valence-electron chi connectivity index (χ4n) is 2.68. The summed E-state index contributed by atoms with van der Waals surface area (Å²) in [5.74, 6) is -0.169. The number of hydrogen-bond acceptors (Lipinski definition) is 2. The van der Waals surface area contributed by atoms with Gasteiger partial charge in [0.15, 0.2) is 0 Å². The molecule has 3 rings (SSSR count). The maximum absolute atomic E-state index is 12.9. The topological polar surface area (TPSA) is 29.3 Å². The van der Waals surface area contributed by atoms with Gasteiger partial charge < -0.3 is 5.73 Å². The Morgan fingerprint density at radius 1 is 1.05 bits per heavy atom. The van der Waals surface area contributed by atoms with E-state index < -0.39 is 0 Å². The molecule has 1 saturated carbocycles. The molecule has 1 aliphatic carbocycles. The third-order valence-corrected chi connectivity index (χ3v) is 4.00. The monoisotopic (exact) mass is 284 g/mol. The number of benzene rings is 2. The van der Waals surface area contributed by atoms with Crippen molar-refractivity contribution in [2.45, 2.75) is 31.8 Å². The van der Waals surface area contributed by atoms with Crippen LogP contribution in [0.5, 0.6) is 0 Å². The van der Waals surface area contributed by atoms with Gasteiger partial charge in [0.05, 0.1) is 0 Å². The molecule has 0 amide bonds. The molecule has 2 nitrogen and oxygen atoms in total. The van der Waals surface area contributed by atoms with Gasteiger partial charge in [-0.3, -0.25) is 4.90 Å². The summed E-state index contributed by atoms with van der Waals surface area (Å²) in [6.45, 7) is 1.95. The molecular formula is C18H21FN2. The zero-order valence-electron chi connectivity index (χ0n) is 12.1. The van der Waals surface area contributed by atoms with Crippen LogP contribution in [0.1, 0.15) is 24.0 Å². The highest BCUT2D eigenvalue weighted by Gasteiger charge is 2.28. The fourth-order valence-corrected chi connectivity index (χ4v) is 2.68. The lowest BCUT2D eigenvalue weighted by Gasteiger charge is -2.22. The van der Waals surface area contributed by atoms with Gasteiger partial charge in [0, 0.05) is 24.8 Å². The van der Waals surface area contributed by atoms with E-state index in [1.807, 2.05) is 30.3 Å². The number of nitrogen functional groups attached to an aromatic ring is 1. The SMILES string of the molecule is Nc1cccc(CN(CCc2ccc(F)cc2)C2CC2)c1. The van der Waals surface area contributed by atoms with Crippen LogP contribution in [0.3, 0.4) is 0 Å². The first kappa shape index (κ1) is 14.1. The normalized spacial score (nSPS) is 14.6. The lowest BCUT2D eigenvalue weighted by molar-refractivity contribution is 0.258. The Morgan fingerprint density at radius 2 is 1.81 bits per heavy atom. The Labute approximate surface area is 125 Å². The van der Waals surface area contributed by atoms with Crippen molar-refractivity contribution >= 4 is 5.69 Å². The Kier molecular flexibility index (Phi) is 4.20. The average molecular weight is 284 g/mol. The van der Waals surface area contributed by atoms with Crippen LogP contribution in [-0.2, 0) is 13.0 Å². The van der Waals surface area contributed by atoms with E-state index in [4.69, 9.17) is 5.73 Å². The van der Waals surface area contributed by atoms with Crippen LogP contribution in [-0.4, -0.2) is 17.5 Å². The molecule has 2 aromatic carbocycles. The summed E-state index contributed by atoms with van der Waals surface area (Å²) in [6.07, 6.45) is 3.52. The molecule has 1 aliphatic rings. The minimum Gasteiger partial charge on any atom is -0.399 e. The maximum atomic E-state index is 12.9. The number of anilines is 1. The molecule has 110 valence electrons. The first-order valence-corrected chi connectivity index (χ1v) is 7.53. The standard InChI is InChI=1S/C18H21FN2/c19-16-6-4-14(5-7-16)10-11-21(18-8-9-18)13-15-2-1-3-17(20)12-15/h1-7,12,18H,8-11,13,20H2. The van der Waals surface area contributed by atoms with Gasteiger partial charge in [-0.25, -0.2) is 4.39 Å². The number of nitrogens with two attached hydrogens (primary N) is 1. The average Bonchev–Trinajstić information content (AvgIpc) is 3.30. The molecular weight excluding hydrogens is 263 g/mol. The molecule has 21 heavy (non-hydrogen) atoms. The lowest BCUT2D eigenvalue weighted by Crippen LogP contribution is -2.28. The van der Waals surface area contributed by atoms with Crippen molar-refractivity contribution in [1.82, 2.24) is 4.90 Å². The van der Waals surface area contributed by atoms with E-state index in [1.54, 1.807) is 0 Å². The van der Waals surface area contributed by atoms with E-state index in [0.29, 0.717) is 6.04 Å². The van der Waals surface area contributed by atoms with Gasteiger partial charge in [-0.15, -0.1) is 0 Å². The van der Waals surface area contributed by atoms with Crippen LogP contribution >= 0.6 is 0 Å². The Balaban J connectivity index is 1.61. The third-order valence-electron chi connectivity index (χ3n) is 4.00. The molecule has 0 spiro atoms. The molecule has 0 heterocycles. The van der Waals surface area contributed by atoms with Gasteiger partial charge in [0.2, 0.25) is 0 Å². The number of halogens is 1. The van der Waals surface area contributed by atoms with Gasteiger partial charge in [-0.1, -0.05) is 24.3 Å². The summed E-state index contributed by atoms with van der Waals surface area (Å²) in [6, 6.07) is 15.6. The summed E-state index contributed by atoms with van der Waals surface area (Å²) in [5, 5.41) is 0. The second-order valence-corrected chi connectivity index (χ2v) is 5.82. The second kappa shape index (κ2) is 6.27. The predicted octanol–water partition coefficient (Wildman–Crippen LogP) is 3.62. The van der Waals surface area contributed by atoms with Crippen molar-refractivity contribution in [3.63, 3.8) is 0 Å². The zero-order valence-corrected chi connectivity index (χ0v) is 12.1. The van der Waals surface area contributed by atoms with Crippen LogP contribution in [0.2, 0.25) is 0 Å². The quantitative estimate of drug-likeness (QED) is 0.821. The molecule has 1 fully saturated rings. The molecule has 0 bridgehead atoms. The van der Waals surface area contributed by atoms with Crippen LogP contribution in [0.4, 0.5) is 10.1 Å². The molecule has 3 heteroatoms. The summed E-state index contributed by atoms with van der Waals surface area (Å²) < 4.78 is 12.9. The van der Waals surface area contributed by atoms with Gasteiger partial charge in [-0.05, 0) is 54.7 Å². The maximum Gasteiger partial charge on any atom is 0.123 e. The Hall–Kier alpha value is -1.87. The molecule has 2 aromatic rings. The summed E-state index contributed by atoms with van der Waals surface area (Å²) >= 11 is 0. The molecule has 0 atom stereocenters. The highest BCUT2D eigenvalue weighted by molar-refractivity contribution is 5.40. The van der Waals surface area contributed by atoms with Crippen molar-refractivity contribution < 1.29 is 4.39 Å². The van der Waals surface area contributed by atoms with Crippen molar-refractivity contribution in [2.24, 2.45) is 0 Å². The van der Waals surface area contributed by atoms with E-state index in [0.717, 1.165) is 25.2 Å². The van der Waals surface area contributed by atoms with Gasteiger partial charge in [-0.2, -0.15) is 0 Å². The molecule has 0 radical (unpaired) electrons. The van der Waals surface area contributed by atoms with Crippen LogP contribution in [0, 0.1) is 5.82 Å². The predicted molar refractivity (Wildman–Crippen MR) is 84.4 cm³/mol. The first-order chi connectivity index (χ1) is 10.2. The highest BCUT2D eigenvalue weighted by atomic mass is 19.1. The summed E-state index contributed by atoms with van der Waals surface area (Å²) in [5.41, 5.74) is 9.13. The largest absolute Gasteiger partial charge is 0.399 e. The van der Waals surface area contributed by atoms with Crippen molar-refractivity contribution in [3.8, 4) is 0 Å². The van der Waals surface area contributed by atoms with Gasteiger partial charge in [0.1, 0.15) is 5.82 Å². The third kappa shape index (κ3) is 4.05. The van der Waals surface area contributed by atoms with Crippen LogP contribution < -0.4 is 5.73 Å². The minimum absolute atomic E-state index is 0.169. The number of nitrogens with zero attached hydrogens (tertiary/aromatic N) is 1. The molecule has 0 saturated heterocycles. The second-order valence-electron chi connectivity index (χ2n) is 5.82. The van der Waals surface area contributed by atoms with E-state index >= 15 is 0 Å². The zero-order chi connectivity index (χ0) is 14.7. The smallest absolute Gasteiger partial charge is 0.123 e. The van der Waals surface area contributed by atoms with E-state index in [9.17, 15) is 4.39 Å². The van der Waals surface area contributed by atoms with Crippen LogP contribution in [0.15, 0.2) is 48.5 Å². The highest BCUT2D eigenvalue weighted by Crippen LogP contribution is 2.28. The van der Waals surface area contributed by atoms with Crippen molar-refractivity contribution in [3.05, 3.63) is 65.5 Å². The first-order valence-electron chi connectivity index (χ1n) is 7.53. The molecule has 0 aromatic heterocycles. The van der Waals surface area contributed by atoms with E-state index in [1.165, 1.54) is 36.1 Å². The molecule has 2 N–H and O–H groups in total. The number of hydrogen-bond donors (Lipinski definition) is 1. The van der Waals surface area contributed by atoms with Crippen molar-refractivity contribution in [1.29, 1.82) is 0 Å². The number of rotatable bonds is 6. The Morgan fingerprint density at radius 3 is 2.48 bits per heavy atom. The van der Waals surface area contributed by atoms with E-state index in [2.05, 4.69) is 11.0 Å². The Bertz CT molecular complexity index is 590. The van der Waals surface area contributed by atoms with Crippen LogP contribution in [0.25, 0.3) is 0 Å². The lowest BCUT2D eigenvalue weighted by atomic mass is 10.1. The van der Waals surface area contributed by atoms with Gasteiger partial charge >= 0.3 is 0 Å². The van der Waals surface area contributed by atoms with Crippen molar-refractivity contribution in [2.75, 3.05) is 12.3 Å². The molecule has 0 unspecified atom stereocenters. The summed E-state index contributed by atoms with van der Waals surface area (Å²) in [7, 11) is 0. The fraction of sp³-hybridized carbons (Fsp3) is 0.333.